The molecule has 0 aliphatic rings. The van der Waals surface area contributed by atoms with Crippen LogP contribution >= 0.6 is 0 Å². The molecule has 0 aliphatic carbocycles. The number of carbonyl (C=O) groups is 2. The summed E-state index contributed by atoms with van der Waals surface area (Å²) < 4.78 is 10.3. The number of hydrogen-bond donors (Lipinski definition) is 0. The summed E-state index contributed by atoms with van der Waals surface area (Å²) in [5.41, 5.74) is 0.661. The maximum absolute atomic E-state index is 11.9. The molecule has 0 amide bonds. The Morgan fingerprint density at radius 3 is 2.37 bits per heavy atom. The van der Waals surface area contributed by atoms with Crippen molar-refractivity contribution in [1.82, 2.24) is 0 Å². The van der Waals surface area contributed by atoms with Crippen molar-refractivity contribution in [2.75, 3.05) is 20.3 Å². The third-order valence-corrected chi connectivity index (χ3v) is 2.63. The summed E-state index contributed by atoms with van der Waals surface area (Å²) in [6, 6.07) is 6.54. The molecule has 0 bridgehead atoms. The molecule has 0 fully saturated rings. The van der Waals surface area contributed by atoms with Gasteiger partial charge in [0.1, 0.15) is 0 Å². The van der Waals surface area contributed by atoms with E-state index in [0.717, 1.165) is 0 Å². The lowest BCUT2D eigenvalue weighted by Crippen LogP contribution is -2.26. The molecule has 104 valence electrons. The third kappa shape index (κ3) is 4.83. The van der Waals surface area contributed by atoms with E-state index >= 15 is 0 Å². The van der Waals surface area contributed by atoms with Gasteiger partial charge in [-0.2, -0.15) is 0 Å². The molecule has 1 aromatic rings. The van der Waals surface area contributed by atoms with Crippen LogP contribution in [0.5, 0.6) is 0 Å². The zero-order valence-corrected chi connectivity index (χ0v) is 11.9. The Balaban J connectivity index is 2.68. The van der Waals surface area contributed by atoms with Crippen molar-refractivity contribution in [2.45, 2.75) is 20.8 Å². The second-order valence-electron chi connectivity index (χ2n) is 5.31. The van der Waals surface area contributed by atoms with Gasteiger partial charge >= 0.3 is 5.97 Å². The lowest BCUT2D eigenvalue weighted by molar-refractivity contribution is 0.0136. The van der Waals surface area contributed by atoms with Crippen LogP contribution in [-0.4, -0.2) is 32.1 Å². The standard InChI is InChI=1S/C15H20O4/c1-11(16)12-6-5-7-13(8-12)14(17)19-10-15(2,3)9-18-4/h5-8H,9-10H2,1-4H3. The second kappa shape index (κ2) is 6.48. The molecule has 0 radical (unpaired) electrons. The molecular formula is C15H20O4. The lowest BCUT2D eigenvalue weighted by atomic mass is 9.96. The summed E-state index contributed by atoms with van der Waals surface area (Å²) in [5, 5.41) is 0. The fourth-order valence-corrected chi connectivity index (χ4v) is 1.64. The molecule has 0 saturated heterocycles. The highest BCUT2D eigenvalue weighted by Gasteiger charge is 2.21. The van der Waals surface area contributed by atoms with Gasteiger partial charge in [0.15, 0.2) is 5.78 Å². The number of hydrogen-bond acceptors (Lipinski definition) is 4. The summed E-state index contributed by atoms with van der Waals surface area (Å²) in [5.74, 6) is -0.498. The highest BCUT2D eigenvalue weighted by molar-refractivity contribution is 5.97. The van der Waals surface area contributed by atoms with E-state index in [1.54, 1.807) is 31.4 Å². The Bertz CT molecular complexity index is 463. The van der Waals surface area contributed by atoms with Gasteiger partial charge in [-0.3, -0.25) is 4.79 Å². The van der Waals surface area contributed by atoms with Crippen molar-refractivity contribution in [3.05, 3.63) is 35.4 Å². The summed E-state index contributed by atoms with van der Waals surface area (Å²) >= 11 is 0. The van der Waals surface area contributed by atoms with Crippen LogP contribution in [0, 0.1) is 5.41 Å². The van der Waals surface area contributed by atoms with Gasteiger partial charge in [-0.05, 0) is 19.1 Å². The molecule has 0 atom stereocenters. The normalized spacial score (nSPS) is 11.2. The second-order valence-corrected chi connectivity index (χ2v) is 5.31. The zero-order valence-electron chi connectivity index (χ0n) is 11.9. The smallest absolute Gasteiger partial charge is 0.338 e. The van der Waals surface area contributed by atoms with Crippen LogP contribution in [0.1, 0.15) is 41.5 Å². The van der Waals surface area contributed by atoms with Crippen LogP contribution in [0.4, 0.5) is 0 Å². The Morgan fingerprint density at radius 2 is 1.79 bits per heavy atom. The number of ketones is 1. The molecule has 19 heavy (non-hydrogen) atoms. The molecule has 0 spiro atoms. The Morgan fingerprint density at radius 1 is 1.16 bits per heavy atom. The molecule has 1 aromatic carbocycles. The van der Waals surface area contributed by atoms with Gasteiger partial charge in [-0.1, -0.05) is 26.0 Å². The third-order valence-electron chi connectivity index (χ3n) is 2.63. The lowest BCUT2D eigenvalue weighted by Gasteiger charge is -2.22. The Labute approximate surface area is 113 Å². The van der Waals surface area contributed by atoms with Gasteiger partial charge in [0.2, 0.25) is 0 Å². The van der Waals surface area contributed by atoms with Crippen LogP contribution in [-0.2, 0) is 9.47 Å². The zero-order chi connectivity index (χ0) is 14.5. The number of ether oxygens (including phenoxy) is 2. The minimum atomic E-state index is -0.424. The largest absolute Gasteiger partial charge is 0.461 e. The molecular weight excluding hydrogens is 244 g/mol. The van der Waals surface area contributed by atoms with Gasteiger partial charge in [-0.25, -0.2) is 4.79 Å². The SMILES string of the molecule is COCC(C)(C)COC(=O)c1cccc(C(C)=O)c1. The fourth-order valence-electron chi connectivity index (χ4n) is 1.64. The van der Waals surface area contributed by atoms with E-state index in [9.17, 15) is 9.59 Å². The van der Waals surface area contributed by atoms with Crippen molar-refractivity contribution >= 4 is 11.8 Å². The number of Topliss-reactive ketones (excluding diaryl/α,β-unsaturated/α-hetero) is 1. The molecule has 0 saturated carbocycles. The number of methoxy groups -OCH3 is 1. The van der Waals surface area contributed by atoms with E-state index < -0.39 is 5.97 Å². The summed E-state index contributed by atoms with van der Waals surface area (Å²) in [7, 11) is 1.61. The van der Waals surface area contributed by atoms with Crippen molar-refractivity contribution in [3.63, 3.8) is 0 Å². The molecule has 0 unspecified atom stereocenters. The van der Waals surface area contributed by atoms with Crippen molar-refractivity contribution in [3.8, 4) is 0 Å². The highest BCUT2D eigenvalue weighted by Crippen LogP contribution is 2.17. The maximum atomic E-state index is 11.9. The van der Waals surface area contributed by atoms with Crippen LogP contribution in [0.2, 0.25) is 0 Å². The number of carbonyl (C=O) groups excluding carboxylic acids is 2. The van der Waals surface area contributed by atoms with Gasteiger partial charge < -0.3 is 9.47 Å². The Hall–Kier alpha value is -1.68. The van der Waals surface area contributed by atoms with Gasteiger partial charge in [0.05, 0.1) is 18.8 Å². The average Bonchev–Trinajstić information content (AvgIpc) is 2.36. The van der Waals surface area contributed by atoms with Crippen molar-refractivity contribution < 1.29 is 19.1 Å². The van der Waals surface area contributed by atoms with E-state index in [-0.39, 0.29) is 17.8 Å². The number of rotatable bonds is 6. The summed E-state index contributed by atoms with van der Waals surface area (Å²) in [6.07, 6.45) is 0. The first-order valence-corrected chi connectivity index (χ1v) is 6.13. The van der Waals surface area contributed by atoms with E-state index in [2.05, 4.69) is 0 Å². The van der Waals surface area contributed by atoms with Crippen LogP contribution in [0.15, 0.2) is 24.3 Å². The maximum Gasteiger partial charge on any atom is 0.338 e. The summed E-state index contributed by atoms with van der Waals surface area (Å²) in [4.78, 5) is 23.1. The summed E-state index contributed by atoms with van der Waals surface area (Å²) in [6.45, 7) is 6.15. The van der Waals surface area contributed by atoms with Crippen LogP contribution < -0.4 is 0 Å². The van der Waals surface area contributed by atoms with Crippen LogP contribution in [0.25, 0.3) is 0 Å². The predicted molar refractivity (Wildman–Crippen MR) is 72.4 cm³/mol. The average molecular weight is 264 g/mol. The van der Waals surface area contributed by atoms with Gasteiger partial charge in [-0.15, -0.1) is 0 Å². The quantitative estimate of drug-likeness (QED) is 0.585. The fraction of sp³-hybridized carbons (Fsp3) is 0.467. The topological polar surface area (TPSA) is 52.6 Å². The molecule has 0 heterocycles. The van der Waals surface area contributed by atoms with Gasteiger partial charge in [0, 0.05) is 18.1 Å². The van der Waals surface area contributed by atoms with E-state index in [1.165, 1.54) is 6.92 Å². The number of benzene rings is 1. The highest BCUT2D eigenvalue weighted by atomic mass is 16.5. The molecule has 0 aliphatic heterocycles. The van der Waals surface area contributed by atoms with E-state index in [0.29, 0.717) is 17.7 Å². The first-order chi connectivity index (χ1) is 8.85. The molecule has 1 rings (SSSR count). The minimum absolute atomic E-state index is 0.0747. The minimum Gasteiger partial charge on any atom is -0.461 e. The molecule has 0 N–H and O–H groups in total. The number of esters is 1. The van der Waals surface area contributed by atoms with Crippen LogP contribution in [0.3, 0.4) is 0 Å². The van der Waals surface area contributed by atoms with Gasteiger partial charge in [0.25, 0.3) is 0 Å². The van der Waals surface area contributed by atoms with E-state index in [4.69, 9.17) is 9.47 Å². The van der Waals surface area contributed by atoms with Crippen molar-refractivity contribution in [1.29, 1.82) is 0 Å². The monoisotopic (exact) mass is 264 g/mol. The first kappa shape index (κ1) is 15.4. The molecule has 4 nitrogen and oxygen atoms in total. The first-order valence-electron chi connectivity index (χ1n) is 6.13. The Kier molecular flexibility index (Phi) is 5.24. The van der Waals surface area contributed by atoms with Crippen molar-refractivity contribution in [2.24, 2.45) is 5.41 Å². The predicted octanol–water partition coefficient (Wildman–Crippen LogP) is 2.72. The van der Waals surface area contributed by atoms with E-state index in [1.807, 2.05) is 13.8 Å². The molecule has 4 heteroatoms. The molecule has 0 aromatic heterocycles.